The molecule has 0 unspecified atom stereocenters. The van der Waals surface area contributed by atoms with Gasteiger partial charge in [-0.25, -0.2) is 9.89 Å². The van der Waals surface area contributed by atoms with Gasteiger partial charge in [-0.3, -0.25) is 19.5 Å². The first kappa shape index (κ1) is 20.3. The Morgan fingerprint density at radius 3 is 2.76 bits per heavy atom. The molecule has 29 heavy (non-hydrogen) atoms. The van der Waals surface area contributed by atoms with Gasteiger partial charge in [0.2, 0.25) is 5.91 Å². The standard InChI is InChI=1S/C19H19N5O4S/c1-13-7-8-15(16(11-13)24(27)28)20-17(25)12-29-19-22-21-18(26)23(19)10-9-14-5-3-2-4-6-14/h2-8,11H,9-10,12H2,1H3,(H,20,25)(H,21,26). The van der Waals surface area contributed by atoms with Gasteiger partial charge in [0.05, 0.1) is 10.7 Å². The van der Waals surface area contributed by atoms with Crippen molar-refractivity contribution in [2.24, 2.45) is 0 Å². The molecule has 1 heterocycles. The SMILES string of the molecule is Cc1ccc(NC(=O)CSc2n[nH]c(=O)n2CCc2ccccc2)c([N+](=O)[O-])c1. The van der Waals surface area contributed by atoms with Crippen molar-refractivity contribution in [1.29, 1.82) is 0 Å². The lowest BCUT2D eigenvalue weighted by atomic mass is 10.1. The highest BCUT2D eigenvalue weighted by Gasteiger charge is 2.17. The lowest BCUT2D eigenvalue weighted by Crippen LogP contribution is -2.20. The zero-order valence-electron chi connectivity index (χ0n) is 15.6. The molecule has 0 saturated heterocycles. The van der Waals surface area contributed by atoms with Crippen molar-refractivity contribution < 1.29 is 9.72 Å². The second kappa shape index (κ2) is 9.20. The van der Waals surface area contributed by atoms with Crippen LogP contribution in [0.1, 0.15) is 11.1 Å². The topological polar surface area (TPSA) is 123 Å². The fraction of sp³-hybridized carbons (Fsp3) is 0.211. The highest BCUT2D eigenvalue weighted by molar-refractivity contribution is 7.99. The number of rotatable bonds is 8. The molecule has 0 aliphatic carbocycles. The highest BCUT2D eigenvalue weighted by Crippen LogP contribution is 2.25. The molecule has 0 saturated carbocycles. The van der Waals surface area contributed by atoms with Gasteiger partial charge >= 0.3 is 5.69 Å². The molecule has 2 N–H and O–H groups in total. The van der Waals surface area contributed by atoms with Crippen LogP contribution in [0.25, 0.3) is 0 Å². The minimum Gasteiger partial charge on any atom is -0.320 e. The number of amides is 1. The van der Waals surface area contributed by atoms with Crippen molar-refractivity contribution in [3.8, 4) is 0 Å². The van der Waals surface area contributed by atoms with E-state index >= 15 is 0 Å². The summed E-state index contributed by atoms with van der Waals surface area (Å²) in [7, 11) is 0. The normalized spacial score (nSPS) is 10.7. The third kappa shape index (κ3) is 5.32. The fourth-order valence-electron chi connectivity index (χ4n) is 2.71. The number of aryl methyl sites for hydroxylation is 2. The Hall–Kier alpha value is -3.40. The molecule has 0 radical (unpaired) electrons. The number of carbonyl (C=O) groups is 1. The van der Waals surface area contributed by atoms with E-state index in [-0.39, 0.29) is 22.8 Å². The van der Waals surface area contributed by atoms with Crippen molar-refractivity contribution in [2.75, 3.05) is 11.1 Å². The monoisotopic (exact) mass is 413 g/mol. The summed E-state index contributed by atoms with van der Waals surface area (Å²) in [5, 5.41) is 20.5. The molecule has 3 aromatic rings. The van der Waals surface area contributed by atoms with Crippen LogP contribution in [0.3, 0.4) is 0 Å². The van der Waals surface area contributed by atoms with Crippen molar-refractivity contribution in [3.05, 3.63) is 80.3 Å². The number of aromatic nitrogens is 3. The molecular weight excluding hydrogens is 394 g/mol. The van der Waals surface area contributed by atoms with Crippen LogP contribution in [0, 0.1) is 17.0 Å². The van der Waals surface area contributed by atoms with Crippen LogP contribution >= 0.6 is 11.8 Å². The van der Waals surface area contributed by atoms with Crippen molar-refractivity contribution in [3.63, 3.8) is 0 Å². The van der Waals surface area contributed by atoms with E-state index in [1.54, 1.807) is 13.0 Å². The number of thioether (sulfide) groups is 1. The Morgan fingerprint density at radius 2 is 2.03 bits per heavy atom. The van der Waals surface area contributed by atoms with E-state index in [0.29, 0.717) is 18.1 Å². The smallest absolute Gasteiger partial charge is 0.320 e. The number of nitro benzene ring substituents is 1. The maximum atomic E-state index is 12.3. The quantitative estimate of drug-likeness (QED) is 0.333. The predicted octanol–water partition coefficient (Wildman–Crippen LogP) is 2.76. The molecule has 0 aliphatic rings. The number of H-pyrrole nitrogens is 1. The van der Waals surface area contributed by atoms with Crippen LogP contribution in [0.5, 0.6) is 0 Å². The molecule has 0 bridgehead atoms. The number of nitrogens with zero attached hydrogens (tertiary/aromatic N) is 3. The van der Waals surface area contributed by atoms with Crippen molar-refractivity contribution in [1.82, 2.24) is 14.8 Å². The molecule has 2 aromatic carbocycles. The summed E-state index contributed by atoms with van der Waals surface area (Å²) in [4.78, 5) is 34.9. The highest BCUT2D eigenvalue weighted by atomic mass is 32.2. The second-order valence-electron chi connectivity index (χ2n) is 6.31. The first-order valence-electron chi connectivity index (χ1n) is 8.81. The summed E-state index contributed by atoms with van der Waals surface area (Å²) in [6.07, 6.45) is 0.648. The average Bonchev–Trinajstić information content (AvgIpc) is 3.06. The molecule has 10 heteroatoms. The first-order chi connectivity index (χ1) is 13.9. The van der Waals surface area contributed by atoms with Gasteiger partial charge < -0.3 is 5.32 Å². The van der Waals surface area contributed by atoms with E-state index in [0.717, 1.165) is 22.9 Å². The van der Waals surface area contributed by atoms with Crippen LogP contribution in [0.2, 0.25) is 0 Å². The number of nitrogens with one attached hydrogen (secondary N) is 2. The Kier molecular flexibility index (Phi) is 6.45. The largest absolute Gasteiger partial charge is 0.343 e. The van der Waals surface area contributed by atoms with Gasteiger partial charge in [0.25, 0.3) is 5.69 Å². The summed E-state index contributed by atoms with van der Waals surface area (Å²) >= 11 is 1.09. The zero-order chi connectivity index (χ0) is 20.8. The summed E-state index contributed by atoms with van der Waals surface area (Å²) in [5.74, 6) is -0.465. The van der Waals surface area contributed by atoms with E-state index < -0.39 is 10.8 Å². The van der Waals surface area contributed by atoms with Gasteiger partial charge in [0.15, 0.2) is 5.16 Å². The predicted molar refractivity (Wildman–Crippen MR) is 110 cm³/mol. The fourth-order valence-corrected chi connectivity index (χ4v) is 3.48. The molecule has 9 nitrogen and oxygen atoms in total. The van der Waals surface area contributed by atoms with Crippen molar-refractivity contribution >= 4 is 29.0 Å². The summed E-state index contributed by atoms with van der Waals surface area (Å²) in [6, 6.07) is 14.3. The summed E-state index contributed by atoms with van der Waals surface area (Å²) in [6.45, 7) is 2.16. The molecule has 150 valence electrons. The van der Waals surface area contributed by atoms with Crippen LogP contribution in [-0.4, -0.2) is 31.3 Å². The second-order valence-corrected chi connectivity index (χ2v) is 7.26. The molecule has 0 spiro atoms. The van der Waals surface area contributed by atoms with Crippen LogP contribution < -0.4 is 11.0 Å². The minimum atomic E-state index is -0.537. The third-order valence-corrected chi connectivity index (χ3v) is 5.12. The molecule has 1 amide bonds. The van der Waals surface area contributed by atoms with E-state index in [9.17, 15) is 19.7 Å². The van der Waals surface area contributed by atoms with Crippen LogP contribution in [0.15, 0.2) is 58.5 Å². The minimum absolute atomic E-state index is 0.0410. The number of anilines is 1. The van der Waals surface area contributed by atoms with Crippen molar-refractivity contribution in [2.45, 2.75) is 25.0 Å². The van der Waals surface area contributed by atoms with Gasteiger partial charge in [-0.15, -0.1) is 5.10 Å². The lowest BCUT2D eigenvalue weighted by Gasteiger charge is -2.07. The Labute approximate surface area is 170 Å². The maximum Gasteiger partial charge on any atom is 0.343 e. The molecular formula is C19H19N5O4S. The van der Waals surface area contributed by atoms with Crippen LogP contribution in [-0.2, 0) is 17.8 Å². The Morgan fingerprint density at radius 1 is 1.28 bits per heavy atom. The van der Waals surface area contributed by atoms with E-state index in [1.165, 1.54) is 16.7 Å². The zero-order valence-corrected chi connectivity index (χ0v) is 16.4. The molecule has 1 aromatic heterocycles. The van der Waals surface area contributed by atoms with Gasteiger partial charge in [0.1, 0.15) is 5.69 Å². The number of benzene rings is 2. The lowest BCUT2D eigenvalue weighted by molar-refractivity contribution is -0.384. The van der Waals surface area contributed by atoms with Gasteiger partial charge in [-0.2, -0.15) is 0 Å². The number of hydrogen-bond donors (Lipinski definition) is 2. The summed E-state index contributed by atoms with van der Waals surface area (Å²) in [5.41, 5.74) is 1.43. The molecule has 0 fully saturated rings. The van der Waals surface area contributed by atoms with E-state index in [4.69, 9.17) is 0 Å². The number of carbonyl (C=O) groups excluding carboxylic acids is 1. The first-order valence-corrected chi connectivity index (χ1v) is 9.79. The number of aromatic amines is 1. The van der Waals surface area contributed by atoms with Crippen LogP contribution in [0.4, 0.5) is 11.4 Å². The third-order valence-electron chi connectivity index (χ3n) is 4.15. The van der Waals surface area contributed by atoms with Gasteiger partial charge in [-0.05, 0) is 30.5 Å². The van der Waals surface area contributed by atoms with E-state index in [2.05, 4.69) is 15.5 Å². The average molecular weight is 413 g/mol. The molecule has 3 rings (SSSR count). The molecule has 0 aliphatic heterocycles. The summed E-state index contributed by atoms with van der Waals surface area (Å²) < 4.78 is 1.47. The molecule has 0 atom stereocenters. The van der Waals surface area contributed by atoms with Gasteiger partial charge in [0, 0.05) is 12.6 Å². The Bertz CT molecular complexity index is 1080. The van der Waals surface area contributed by atoms with E-state index in [1.807, 2.05) is 30.3 Å². The van der Waals surface area contributed by atoms with Gasteiger partial charge in [-0.1, -0.05) is 48.2 Å². The number of nitro groups is 1. The number of hydrogen-bond acceptors (Lipinski definition) is 6. The maximum absolute atomic E-state index is 12.3. The Balaban J connectivity index is 1.63.